The van der Waals surface area contributed by atoms with Gasteiger partial charge in [0, 0.05) is 22.9 Å². The van der Waals surface area contributed by atoms with Crippen molar-refractivity contribution in [2.75, 3.05) is 6.54 Å². The third kappa shape index (κ3) is 5.10. The van der Waals surface area contributed by atoms with Crippen LogP contribution in [0.5, 0.6) is 0 Å². The number of hydrogen-bond donors (Lipinski definition) is 1. The minimum absolute atomic E-state index is 0.786. The van der Waals surface area contributed by atoms with Crippen LogP contribution in [0, 0.1) is 0 Å². The van der Waals surface area contributed by atoms with E-state index >= 15 is 0 Å². The number of halogens is 1. The number of benzene rings is 1. The van der Waals surface area contributed by atoms with Crippen LogP contribution in [0.4, 0.5) is 0 Å². The van der Waals surface area contributed by atoms with Crippen molar-refractivity contribution >= 4 is 22.9 Å². The van der Waals surface area contributed by atoms with Crippen molar-refractivity contribution in [3.8, 4) is 0 Å². The van der Waals surface area contributed by atoms with E-state index in [2.05, 4.69) is 31.3 Å². The Morgan fingerprint density at radius 2 is 1.90 bits per heavy atom. The molecule has 114 valence electrons. The van der Waals surface area contributed by atoms with Crippen LogP contribution in [-0.2, 0) is 19.4 Å². The first-order valence-corrected chi connectivity index (χ1v) is 8.85. The summed E-state index contributed by atoms with van der Waals surface area (Å²) < 4.78 is 0. The molecule has 0 saturated carbocycles. The van der Waals surface area contributed by atoms with Gasteiger partial charge in [-0.2, -0.15) is 0 Å². The first-order valence-electron chi connectivity index (χ1n) is 7.65. The normalized spacial score (nSPS) is 11.0. The van der Waals surface area contributed by atoms with E-state index in [1.54, 1.807) is 0 Å². The van der Waals surface area contributed by atoms with Crippen LogP contribution in [0.2, 0.25) is 5.02 Å². The van der Waals surface area contributed by atoms with Gasteiger partial charge >= 0.3 is 0 Å². The van der Waals surface area contributed by atoms with Crippen molar-refractivity contribution in [1.82, 2.24) is 10.3 Å². The van der Waals surface area contributed by atoms with Crippen LogP contribution in [0.1, 0.15) is 47.8 Å². The molecular weight excluding hydrogens is 300 g/mol. The lowest BCUT2D eigenvalue weighted by molar-refractivity contribution is 0.674. The van der Waals surface area contributed by atoms with Crippen LogP contribution in [0.25, 0.3) is 0 Å². The van der Waals surface area contributed by atoms with Crippen LogP contribution < -0.4 is 5.32 Å². The molecule has 0 atom stereocenters. The van der Waals surface area contributed by atoms with E-state index in [1.165, 1.54) is 27.6 Å². The van der Waals surface area contributed by atoms with Gasteiger partial charge in [0.05, 0.1) is 10.7 Å². The highest BCUT2D eigenvalue weighted by molar-refractivity contribution is 7.11. The van der Waals surface area contributed by atoms with Gasteiger partial charge in [-0.05, 0) is 37.1 Å². The highest BCUT2D eigenvalue weighted by Gasteiger charge is 2.10. The molecule has 0 bridgehead atoms. The Balaban J connectivity index is 2.08. The van der Waals surface area contributed by atoms with Gasteiger partial charge in [-0.15, -0.1) is 11.3 Å². The van der Waals surface area contributed by atoms with Gasteiger partial charge < -0.3 is 5.32 Å². The van der Waals surface area contributed by atoms with E-state index in [0.29, 0.717) is 0 Å². The van der Waals surface area contributed by atoms with Crippen LogP contribution >= 0.6 is 22.9 Å². The highest BCUT2D eigenvalue weighted by Crippen LogP contribution is 2.23. The van der Waals surface area contributed by atoms with Gasteiger partial charge in [0.2, 0.25) is 0 Å². The molecule has 0 aliphatic heterocycles. The molecule has 0 spiro atoms. The second-order valence-corrected chi connectivity index (χ2v) is 6.81. The van der Waals surface area contributed by atoms with Crippen molar-refractivity contribution in [3.05, 3.63) is 50.4 Å². The topological polar surface area (TPSA) is 24.9 Å². The molecular formula is C17H23ClN2S. The maximum atomic E-state index is 5.93. The molecule has 1 N–H and O–H groups in total. The molecule has 0 aliphatic rings. The van der Waals surface area contributed by atoms with Crippen molar-refractivity contribution < 1.29 is 0 Å². The second kappa shape index (κ2) is 8.52. The minimum atomic E-state index is 0.786. The smallest absolute Gasteiger partial charge is 0.0975 e. The zero-order valence-corrected chi connectivity index (χ0v) is 14.4. The van der Waals surface area contributed by atoms with E-state index < -0.39 is 0 Å². The van der Waals surface area contributed by atoms with Gasteiger partial charge in [-0.25, -0.2) is 4.98 Å². The zero-order valence-electron chi connectivity index (χ0n) is 12.8. The monoisotopic (exact) mass is 322 g/mol. The Morgan fingerprint density at radius 1 is 1.14 bits per heavy atom. The molecule has 0 saturated heterocycles. The predicted octanol–water partition coefficient (Wildman–Crippen LogP) is 4.84. The lowest BCUT2D eigenvalue weighted by Gasteiger charge is -2.02. The number of thiazole rings is 1. The first kappa shape index (κ1) is 16.5. The number of rotatable bonds is 8. The third-order valence-electron chi connectivity index (χ3n) is 3.29. The molecule has 0 unspecified atom stereocenters. The number of nitrogens with zero attached hydrogens (tertiary/aromatic N) is 1. The van der Waals surface area contributed by atoms with Crippen molar-refractivity contribution in [3.63, 3.8) is 0 Å². The Kier molecular flexibility index (Phi) is 6.68. The molecule has 2 rings (SSSR count). The van der Waals surface area contributed by atoms with Crippen LogP contribution in [0.3, 0.4) is 0 Å². The van der Waals surface area contributed by atoms with Gasteiger partial charge in [-0.3, -0.25) is 0 Å². The molecule has 1 aromatic carbocycles. The van der Waals surface area contributed by atoms with Gasteiger partial charge in [0.1, 0.15) is 0 Å². The van der Waals surface area contributed by atoms with Crippen LogP contribution in [0.15, 0.2) is 24.3 Å². The summed E-state index contributed by atoms with van der Waals surface area (Å²) in [4.78, 5) is 6.24. The fourth-order valence-electron chi connectivity index (χ4n) is 2.24. The number of nitrogens with one attached hydrogen (secondary N) is 1. The lowest BCUT2D eigenvalue weighted by atomic mass is 10.1. The lowest BCUT2D eigenvalue weighted by Crippen LogP contribution is -2.13. The predicted molar refractivity (Wildman–Crippen MR) is 92.4 cm³/mol. The molecule has 2 nitrogen and oxygen atoms in total. The Bertz CT molecular complexity index is 548. The SMILES string of the molecule is CCCNCc1sc(Cc2ccc(Cl)cc2)nc1CCC. The number of aryl methyl sites for hydroxylation is 1. The number of aromatic nitrogens is 1. The zero-order chi connectivity index (χ0) is 15.1. The average molecular weight is 323 g/mol. The molecule has 0 aliphatic carbocycles. The maximum absolute atomic E-state index is 5.93. The highest BCUT2D eigenvalue weighted by atomic mass is 35.5. The quantitative estimate of drug-likeness (QED) is 0.703. The standard InChI is InChI=1S/C17H23ClN2S/c1-3-5-15-16(12-19-10-4-2)21-17(20-15)11-13-6-8-14(18)9-7-13/h6-9,19H,3-5,10-12H2,1-2H3. The van der Waals surface area contributed by atoms with E-state index in [4.69, 9.17) is 16.6 Å². The third-order valence-corrected chi connectivity index (χ3v) is 4.64. The maximum Gasteiger partial charge on any atom is 0.0975 e. The van der Waals surface area contributed by atoms with Crippen molar-refractivity contribution in [2.45, 2.75) is 46.1 Å². The molecule has 0 radical (unpaired) electrons. The summed E-state index contributed by atoms with van der Waals surface area (Å²) in [7, 11) is 0. The summed E-state index contributed by atoms with van der Waals surface area (Å²) in [5, 5.41) is 5.48. The van der Waals surface area contributed by atoms with Gasteiger partial charge in [-0.1, -0.05) is 44.0 Å². The Hall–Kier alpha value is -0.900. The second-order valence-electron chi connectivity index (χ2n) is 5.21. The van der Waals surface area contributed by atoms with Gasteiger partial charge in [0.15, 0.2) is 0 Å². The minimum Gasteiger partial charge on any atom is -0.312 e. The average Bonchev–Trinajstić information content (AvgIpc) is 2.84. The largest absolute Gasteiger partial charge is 0.312 e. The number of hydrogen-bond acceptors (Lipinski definition) is 3. The van der Waals surface area contributed by atoms with Crippen molar-refractivity contribution in [2.24, 2.45) is 0 Å². The summed E-state index contributed by atoms with van der Waals surface area (Å²) >= 11 is 7.78. The first-order chi connectivity index (χ1) is 10.2. The van der Waals surface area contributed by atoms with E-state index in [-0.39, 0.29) is 0 Å². The summed E-state index contributed by atoms with van der Waals surface area (Å²) in [6.07, 6.45) is 4.27. The summed E-state index contributed by atoms with van der Waals surface area (Å²) in [5.74, 6) is 0. The Labute approximate surface area is 136 Å². The van der Waals surface area contributed by atoms with Crippen LogP contribution in [-0.4, -0.2) is 11.5 Å². The molecule has 2 aromatic rings. The fourth-order valence-corrected chi connectivity index (χ4v) is 3.48. The molecule has 4 heteroatoms. The summed E-state index contributed by atoms with van der Waals surface area (Å²) in [6.45, 7) is 6.41. The molecule has 0 amide bonds. The van der Waals surface area contributed by atoms with Gasteiger partial charge in [0.25, 0.3) is 0 Å². The molecule has 0 fully saturated rings. The van der Waals surface area contributed by atoms with Crippen molar-refractivity contribution in [1.29, 1.82) is 0 Å². The fraction of sp³-hybridized carbons (Fsp3) is 0.471. The van der Waals surface area contributed by atoms with E-state index in [0.717, 1.165) is 37.4 Å². The van der Waals surface area contributed by atoms with E-state index in [1.807, 2.05) is 23.5 Å². The molecule has 21 heavy (non-hydrogen) atoms. The Morgan fingerprint density at radius 3 is 2.57 bits per heavy atom. The van der Waals surface area contributed by atoms with E-state index in [9.17, 15) is 0 Å². The summed E-state index contributed by atoms with van der Waals surface area (Å²) in [5.41, 5.74) is 2.54. The molecule has 1 aromatic heterocycles. The molecule has 1 heterocycles. The summed E-state index contributed by atoms with van der Waals surface area (Å²) in [6, 6.07) is 8.05.